The lowest BCUT2D eigenvalue weighted by atomic mass is 10.5. The van der Waals surface area contributed by atoms with Crippen molar-refractivity contribution in [1.82, 2.24) is 5.43 Å². The predicted octanol–water partition coefficient (Wildman–Crippen LogP) is 0.919. The van der Waals surface area contributed by atoms with E-state index in [-0.39, 0.29) is 0 Å². The summed E-state index contributed by atoms with van der Waals surface area (Å²) in [6, 6.07) is -0.940. The van der Waals surface area contributed by atoms with Gasteiger partial charge in [-0.1, -0.05) is 13.0 Å². The van der Waals surface area contributed by atoms with Gasteiger partial charge >= 0.3 is 6.03 Å². The molecule has 0 rings (SSSR count). The minimum Gasteiger partial charge on any atom is -0.350 e. The molecule has 58 valence electrons. The maximum absolute atomic E-state index is 9.42. The van der Waals surface area contributed by atoms with Gasteiger partial charge in [-0.3, -0.25) is 0 Å². The Hall–Kier alpha value is -1.39. The van der Waals surface area contributed by atoms with Gasteiger partial charge in [0.15, 0.2) is 0 Å². The number of carbonyl (C=O) groups excluding carboxylic acids is 1. The topological polar surface area (TPSA) is 84.6 Å². The normalized spacial score (nSPS) is 6.50. The van der Waals surface area contributed by atoms with Gasteiger partial charge in [-0.2, -0.15) is 5.43 Å². The quantitative estimate of drug-likeness (QED) is 0.344. The molecule has 10 heavy (non-hydrogen) atoms. The van der Waals surface area contributed by atoms with Gasteiger partial charge in [-0.15, -0.1) is 11.5 Å². The molecule has 3 N–H and O–H groups in total. The molecule has 0 aromatic rings. The van der Waals surface area contributed by atoms with E-state index in [4.69, 9.17) is 4.91 Å². The van der Waals surface area contributed by atoms with Crippen LogP contribution in [0.5, 0.6) is 0 Å². The number of nitroso groups, excluding NO2 is 1. The number of hydrogen-bond donors (Lipinski definition) is 2. The van der Waals surface area contributed by atoms with E-state index in [9.17, 15) is 4.79 Å². The number of carbonyl (C=O) groups is 1. The molecule has 0 radical (unpaired) electrons. The number of nitrogens with zero attached hydrogens (tertiary/aromatic N) is 1. The molecule has 0 aliphatic rings. The van der Waals surface area contributed by atoms with Crippen LogP contribution in [-0.4, -0.2) is 6.03 Å². The maximum Gasteiger partial charge on any atom is 0.335 e. The zero-order valence-electron chi connectivity index (χ0n) is 5.83. The van der Waals surface area contributed by atoms with Crippen LogP contribution in [0.2, 0.25) is 0 Å². The number of hydrogen-bond acceptors (Lipinski definition) is 3. The van der Waals surface area contributed by atoms with E-state index in [2.05, 4.69) is 19.2 Å². The van der Waals surface area contributed by atoms with Crippen molar-refractivity contribution in [3.63, 3.8) is 0 Å². The Bertz CT molecular complexity index is 113. The van der Waals surface area contributed by atoms with Gasteiger partial charge in [-0.05, 0) is 6.42 Å². The zero-order valence-corrected chi connectivity index (χ0v) is 5.83. The Morgan fingerprint density at radius 1 is 1.90 bits per heavy atom. The Kier molecular flexibility index (Phi) is 12.1. The molecular weight excluding hydrogens is 134 g/mol. The van der Waals surface area contributed by atoms with Crippen LogP contribution in [0.4, 0.5) is 4.79 Å². The highest BCUT2D eigenvalue weighted by molar-refractivity contribution is 5.70. The van der Waals surface area contributed by atoms with Crippen molar-refractivity contribution in [1.29, 1.82) is 0 Å². The first-order valence-electron chi connectivity index (χ1n) is 2.67. The van der Waals surface area contributed by atoms with Gasteiger partial charge in [0.25, 0.3) is 0 Å². The van der Waals surface area contributed by atoms with E-state index in [0.29, 0.717) is 0 Å². The number of allylic oxidation sites excluding steroid dienone is 1. The summed E-state index contributed by atoms with van der Waals surface area (Å²) in [5.41, 5.74) is 5.78. The Morgan fingerprint density at radius 2 is 2.30 bits per heavy atom. The highest BCUT2D eigenvalue weighted by Crippen LogP contribution is 1.66. The summed E-state index contributed by atoms with van der Waals surface area (Å²) in [5.74, 6) is 0. The highest BCUT2D eigenvalue weighted by atomic mass is 16.3. The van der Waals surface area contributed by atoms with Crippen LogP contribution in [0.1, 0.15) is 13.3 Å². The van der Waals surface area contributed by atoms with E-state index in [1.165, 1.54) is 5.43 Å². The molecule has 0 aromatic carbocycles. The fourth-order valence-corrected chi connectivity index (χ4v) is 0.0450. The van der Waals surface area contributed by atoms with Crippen molar-refractivity contribution in [3.8, 4) is 0 Å². The zero-order chi connectivity index (χ0) is 8.41. The largest absolute Gasteiger partial charge is 0.350 e. The van der Waals surface area contributed by atoms with Crippen LogP contribution in [0, 0.1) is 4.91 Å². The van der Waals surface area contributed by atoms with Crippen LogP contribution >= 0.6 is 0 Å². The predicted molar refractivity (Wildman–Crippen MR) is 39.0 cm³/mol. The summed E-state index contributed by atoms with van der Waals surface area (Å²) < 4.78 is 0. The molecule has 0 fully saturated rings. The minimum atomic E-state index is -0.940. The summed E-state index contributed by atoms with van der Waals surface area (Å²) in [7, 11) is 0. The first kappa shape index (κ1) is 11.4. The van der Waals surface area contributed by atoms with Crippen molar-refractivity contribution in [2.24, 2.45) is 11.0 Å². The number of nitrogens with one attached hydrogen (secondary N) is 1. The third-order valence-corrected chi connectivity index (χ3v) is 0.445. The number of nitrogens with two attached hydrogens (primary N) is 1. The Balaban J connectivity index is 0. The van der Waals surface area contributed by atoms with Gasteiger partial charge in [0.1, 0.15) is 0 Å². The third kappa shape index (κ3) is 30.5. The fraction of sp³-hybridized carbons (Fsp3) is 0.400. The van der Waals surface area contributed by atoms with Crippen molar-refractivity contribution in [3.05, 3.63) is 17.6 Å². The van der Waals surface area contributed by atoms with Crippen LogP contribution in [0.15, 0.2) is 17.9 Å². The maximum atomic E-state index is 9.42. The molecule has 2 amide bonds. The van der Waals surface area contributed by atoms with Crippen molar-refractivity contribution < 1.29 is 4.79 Å². The highest BCUT2D eigenvalue weighted by Gasteiger charge is 1.80. The van der Waals surface area contributed by atoms with Crippen LogP contribution in [0.25, 0.3) is 0 Å². The number of primary amides is 1. The molecule has 0 saturated heterocycles. The average Bonchev–Trinajstić information content (AvgIpc) is 1.89. The molecule has 0 aliphatic carbocycles. The van der Waals surface area contributed by atoms with E-state index in [1.807, 2.05) is 11.4 Å². The van der Waals surface area contributed by atoms with Gasteiger partial charge in [0, 0.05) is 0 Å². The molecule has 0 unspecified atom stereocenters. The van der Waals surface area contributed by atoms with Gasteiger partial charge < -0.3 is 5.73 Å². The van der Waals surface area contributed by atoms with Crippen LogP contribution in [-0.2, 0) is 0 Å². The third-order valence-electron chi connectivity index (χ3n) is 0.445. The summed E-state index contributed by atoms with van der Waals surface area (Å²) in [5, 5.41) is 1.96. The van der Waals surface area contributed by atoms with Gasteiger partial charge in [0.2, 0.25) is 0 Å². The molecular formula is C5H11N3O2. The number of rotatable bonds is 2. The second-order valence-electron chi connectivity index (χ2n) is 1.26. The van der Waals surface area contributed by atoms with Gasteiger partial charge in [-0.25, -0.2) is 4.79 Å². The molecule has 0 heterocycles. The number of amides is 2. The fourth-order valence-electron chi connectivity index (χ4n) is 0.0450. The van der Waals surface area contributed by atoms with Crippen LogP contribution in [0.3, 0.4) is 0 Å². The van der Waals surface area contributed by atoms with Crippen LogP contribution < -0.4 is 11.2 Å². The van der Waals surface area contributed by atoms with E-state index in [1.54, 1.807) is 0 Å². The second-order valence-corrected chi connectivity index (χ2v) is 1.26. The van der Waals surface area contributed by atoms with E-state index in [0.717, 1.165) is 6.42 Å². The smallest absolute Gasteiger partial charge is 0.335 e. The molecule has 5 nitrogen and oxygen atoms in total. The molecule has 0 saturated carbocycles. The molecule has 0 aromatic heterocycles. The molecule has 0 aliphatic heterocycles. The number of urea groups is 1. The standard InChI is InChI=1S/C4H8.CH3N3O2/c1-3-4-2;2-1(5)3-4-6/h3H,1,4H2,2H3;(H3,2,3,5,6). The van der Waals surface area contributed by atoms with Crippen molar-refractivity contribution in [2.45, 2.75) is 13.3 Å². The summed E-state index contributed by atoms with van der Waals surface area (Å²) >= 11 is 0. The molecule has 0 spiro atoms. The monoisotopic (exact) mass is 145 g/mol. The first-order valence-corrected chi connectivity index (χ1v) is 2.67. The SMILES string of the molecule is C=CCC.NC(=O)NN=O. The molecule has 0 atom stereocenters. The van der Waals surface area contributed by atoms with E-state index < -0.39 is 6.03 Å². The lowest BCUT2D eigenvalue weighted by Gasteiger charge is -1.77. The first-order chi connectivity index (χ1) is 4.68. The van der Waals surface area contributed by atoms with Crippen molar-refractivity contribution in [2.75, 3.05) is 0 Å². The average molecular weight is 145 g/mol. The summed E-state index contributed by atoms with van der Waals surface area (Å²) in [6.45, 7) is 5.54. The van der Waals surface area contributed by atoms with Gasteiger partial charge in [0.05, 0.1) is 5.29 Å². The second kappa shape index (κ2) is 10.6. The van der Waals surface area contributed by atoms with E-state index >= 15 is 0 Å². The minimum absolute atomic E-state index is 0.940. The molecule has 0 bridgehead atoms. The Morgan fingerprint density at radius 3 is 2.30 bits per heavy atom. The molecule has 5 heteroatoms. The summed E-state index contributed by atoms with van der Waals surface area (Å²) in [6.07, 6.45) is 2.96. The Labute approximate surface area is 59.2 Å². The van der Waals surface area contributed by atoms with Crippen molar-refractivity contribution >= 4 is 6.03 Å². The summed E-state index contributed by atoms with van der Waals surface area (Å²) in [4.78, 5) is 18.4. The lowest BCUT2D eigenvalue weighted by Crippen LogP contribution is -2.23. The lowest BCUT2D eigenvalue weighted by molar-refractivity contribution is 0.249.